The quantitative estimate of drug-likeness (QED) is 0.455. The summed E-state index contributed by atoms with van der Waals surface area (Å²) in [6, 6.07) is 10.4. The molecule has 0 bridgehead atoms. The zero-order valence-corrected chi connectivity index (χ0v) is 15.0. The van der Waals surface area contributed by atoms with Crippen molar-refractivity contribution < 1.29 is 9.53 Å². The molecule has 1 aromatic rings. The molecule has 2 N–H and O–H groups in total. The minimum atomic E-state index is -0.374. The van der Waals surface area contributed by atoms with Gasteiger partial charge in [-0.1, -0.05) is 43.0 Å². The normalized spacial score (nSPS) is 17.3. The molecule has 0 aliphatic carbocycles. The van der Waals surface area contributed by atoms with Crippen LogP contribution in [0, 0.1) is 0 Å². The average Bonchev–Trinajstić information content (AvgIpc) is 2.64. The number of carbonyl (C=O) groups is 1. The maximum Gasteiger partial charge on any atom is 0.339 e. The number of carbonyl (C=O) groups excluding carboxylic acids is 1. The highest BCUT2D eigenvalue weighted by Gasteiger charge is 2.33. The van der Waals surface area contributed by atoms with E-state index in [2.05, 4.69) is 34.3 Å². The summed E-state index contributed by atoms with van der Waals surface area (Å²) < 4.78 is 5.01. The van der Waals surface area contributed by atoms with E-state index in [-0.39, 0.29) is 11.5 Å². The number of benzene rings is 1. The van der Waals surface area contributed by atoms with E-state index in [0.29, 0.717) is 18.0 Å². The summed E-state index contributed by atoms with van der Waals surface area (Å²) in [5.74, 6) is 0.163. The summed E-state index contributed by atoms with van der Waals surface area (Å²) in [7, 11) is 0. The van der Waals surface area contributed by atoms with Crippen LogP contribution in [0.2, 0.25) is 0 Å². The van der Waals surface area contributed by atoms with E-state index in [1.165, 1.54) is 11.8 Å². The van der Waals surface area contributed by atoms with E-state index in [4.69, 9.17) is 4.74 Å². The second-order valence-corrected chi connectivity index (χ2v) is 5.99. The number of ether oxygens (including phenoxy) is 1. The summed E-state index contributed by atoms with van der Waals surface area (Å²) in [6.07, 6.45) is 5.08. The fourth-order valence-corrected chi connectivity index (χ4v) is 3.01. The molecule has 2 rings (SSSR count). The molecule has 1 fully saturated rings. The van der Waals surface area contributed by atoms with Crippen LogP contribution in [0.25, 0.3) is 0 Å². The van der Waals surface area contributed by atoms with Crippen LogP contribution in [-0.2, 0) is 15.1 Å². The molecule has 0 aromatic heterocycles. The van der Waals surface area contributed by atoms with Gasteiger partial charge in [-0.05, 0) is 45.3 Å². The monoisotopic (exact) mass is 341 g/mol. The lowest BCUT2D eigenvalue weighted by atomic mass is 9.81. The molecule has 0 atom stereocenters. The van der Waals surface area contributed by atoms with Gasteiger partial charge in [0.05, 0.1) is 17.7 Å². The summed E-state index contributed by atoms with van der Waals surface area (Å²) in [4.78, 5) is 16.2. The van der Waals surface area contributed by atoms with E-state index in [1.807, 2.05) is 18.2 Å². The summed E-state index contributed by atoms with van der Waals surface area (Å²) in [5, 5.41) is 6.88. The maximum atomic E-state index is 11.8. The molecule has 1 heterocycles. The second-order valence-electron chi connectivity index (χ2n) is 5.99. The second kappa shape index (κ2) is 9.18. The number of aliphatic imine (C=N–C) groups is 1. The lowest BCUT2D eigenvalue weighted by Gasteiger charge is -2.39. The molecule has 25 heavy (non-hydrogen) atoms. The van der Waals surface area contributed by atoms with E-state index in [9.17, 15) is 4.79 Å². The Bertz CT molecular complexity index is 644. The number of nitrogens with one attached hydrogen (secondary N) is 2. The molecular formula is C20H27N3O2. The van der Waals surface area contributed by atoms with Crippen LogP contribution in [0.15, 0.2) is 59.4 Å². The molecule has 1 aliphatic rings. The van der Waals surface area contributed by atoms with E-state index in [0.717, 1.165) is 25.9 Å². The highest BCUT2D eigenvalue weighted by Crippen LogP contribution is 2.31. The molecule has 0 unspecified atom stereocenters. The van der Waals surface area contributed by atoms with E-state index in [1.54, 1.807) is 19.9 Å². The Morgan fingerprint density at radius 3 is 2.64 bits per heavy atom. The van der Waals surface area contributed by atoms with Crippen molar-refractivity contribution in [2.45, 2.75) is 32.2 Å². The van der Waals surface area contributed by atoms with Crippen LogP contribution >= 0.6 is 0 Å². The molecule has 1 aromatic carbocycles. The lowest BCUT2D eigenvalue weighted by Crippen LogP contribution is -2.49. The van der Waals surface area contributed by atoms with Gasteiger partial charge in [0.25, 0.3) is 0 Å². The first-order valence-electron chi connectivity index (χ1n) is 8.72. The molecule has 1 aliphatic heterocycles. The minimum Gasteiger partial charge on any atom is -0.462 e. The summed E-state index contributed by atoms with van der Waals surface area (Å²) in [6.45, 7) is 9.79. The lowest BCUT2D eigenvalue weighted by molar-refractivity contribution is -0.137. The predicted molar refractivity (Wildman–Crippen MR) is 101 cm³/mol. The molecule has 0 amide bonds. The minimum absolute atomic E-state index is 0.193. The highest BCUT2D eigenvalue weighted by molar-refractivity contribution is 6.09. The SMILES string of the molecule is C=C(/N=C\C(=C/C)C(=O)OCC)NC1(c2ccccc2)CCNCC1. The van der Waals surface area contributed by atoms with Crippen LogP contribution in [0.1, 0.15) is 32.3 Å². The predicted octanol–water partition coefficient (Wildman–Crippen LogP) is 2.91. The largest absolute Gasteiger partial charge is 0.462 e. The molecule has 5 heteroatoms. The van der Waals surface area contributed by atoms with Gasteiger partial charge < -0.3 is 15.4 Å². The number of hydrogen-bond donors (Lipinski definition) is 2. The van der Waals surface area contributed by atoms with Crippen LogP contribution in [0.4, 0.5) is 0 Å². The first-order chi connectivity index (χ1) is 12.1. The van der Waals surface area contributed by atoms with Gasteiger partial charge in [0.15, 0.2) is 0 Å². The van der Waals surface area contributed by atoms with Gasteiger partial charge in [0, 0.05) is 6.21 Å². The number of rotatable bonds is 7. The van der Waals surface area contributed by atoms with Gasteiger partial charge in [-0.25, -0.2) is 9.79 Å². The van der Waals surface area contributed by atoms with Gasteiger partial charge in [-0.2, -0.15) is 0 Å². The van der Waals surface area contributed by atoms with Gasteiger partial charge in [-0.3, -0.25) is 0 Å². The van der Waals surface area contributed by atoms with Crippen molar-refractivity contribution in [3.05, 3.63) is 59.9 Å². The van der Waals surface area contributed by atoms with E-state index < -0.39 is 0 Å². The Labute approximate surface area is 149 Å². The van der Waals surface area contributed by atoms with Crippen molar-refractivity contribution in [2.75, 3.05) is 19.7 Å². The van der Waals surface area contributed by atoms with Gasteiger partial charge in [-0.15, -0.1) is 0 Å². The number of esters is 1. The molecule has 0 radical (unpaired) electrons. The van der Waals surface area contributed by atoms with Gasteiger partial charge >= 0.3 is 5.97 Å². The standard InChI is InChI=1S/C20H27N3O2/c1-4-17(19(24)25-5-2)15-22-16(3)23-20(11-13-21-14-12-20)18-9-7-6-8-10-18/h4,6-10,15,21,23H,3,5,11-14H2,1-2H3/b17-4+,22-15-. The summed E-state index contributed by atoms with van der Waals surface area (Å²) >= 11 is 0. The highest BCUT2D eigenvalue weighted by atomic mass is 16.5. The Balaban J connectivity index is 2.12. The Morgan fingerprint density at radius 1 is 1.36 bits per heavy atom. The first kappa shape index (κ1) is 18.9. The van der Waals surface area contributed by atoms with Gasteiger partial charge in [0.1, 0.15) is 5.82 Å². The molecule has 5 nitrogen and oxygen atoms in total. The zero-order valence-electron chi connectivity index (χ0n) is 15.0. The third-order valence-electron chi connectivity index (χ3n) is 4.35. The van der Waals surface area contributed by atoms with Crippen molar-refractivity contribution >= 4 is 12.2 Å². The fraction of sp³-hybridized carbons (Fsp3) is 0.400. The van der Waals surface area contributed by atoms with E-state index >= 15 is 0 Å². The smallest absolute Gasteiger partial charge is 0.339 e. The Morgan fingerprint density at radius 2 is 2.04 bits per heavy atom. The number of nitrogens with zero attached hydrogens (tertiary/aromatic N) is 1. The van der Waals surface area contributed by atoms with Crippen LogP contribution in [0.3, 0.4) is 0 Å². The number of allylic oxidation sites excluding steroid dienone is 1. The average molecular weight is 341 g/mol. The third kappa shape index (κ3) is 5.03. The van der Waals surface area contributed by atoms with Crippen LogP contribution in [-0.4, -0.2) is 31.9 Å². The first-order valence-corrected chi connectivity index (χ1v) is 8.72. The zero-order chi connectivity index (χ0) is 18.1. The van der Waals surface area contributed by atoms with Crippen LogP contribution < -0.4 is 10.6 Å². The fourth-order valence-electron chi connectivity index (χ4n) is 3.01. The van der Waals surface area contributed by atoms with Crippen LogP contribution in [0.5, 0.6) is 0 Å². The third-order valence-corrected chi connectivity index (χ3v) is 4.35. The maximum absolute atomic E-state index is 11.8. The Kier molecular flexibility index (Phi) is 6.95. The van der Waals surface area contributed by atoms with Crippen molar-refractivity contribution in [3.63, 3.8) is 0 Å². The molecule has 134 valence electrons. The van der Waals surface area contributed by atoms with Crippen molar-refractivity contribution in [1.29, 1.82) is 0 Å². The van der Waals surface area contributed by atoms with Crippen molar-refractivity contribution in [1.82, 2.24) is 10.6 Å². The summed E-state index contributed by atoms with van der Waals surface area (Å²) in [5.41, 5.74) is 1.45. The number of hydrogen-bond acceptors (Lipinski definition) is 5. The molecule has 0 spiro atoms. The molecular weight excluding hydrogens is 314 g/mol. The topological polar surface area (TPSA) is 62.7 Å². The Hall–Kier alpha value is -2.40. The molecule has 1 saturated heterocycles. The van der Waals surface area contributed by atoms with Crippen molar-refractivity contribution in [3.8, 4) is 0 Å². The number of piperidine rings is 1. The van der Waals surface area contributed by atoms with Crippen molar-refractivity contribution in [2.24, 2.45) is 4.99 Å². The molecule has 0 saturated carbocycles. The van der Waals surface area contributed by atoms with Gasteiger partial charge in [0.2, 0.25) is 0 Å².